The maximum atomic E-state index is 12.7. The van der Waals surface area contributed by atoms with Crippen LogP contribution in [0, 0.1) is 0 Å². The lowest BCUT2D eigenvalue weighted by atomic mass is 10.0. The zero-order chi connectivity index (χ0) is 17.5. The predicted octanol–water partition coefficient (Wildman–Crippen LogP) is 3.70. The van der Waals surface area contributed by atoms with Crippen molar-refractivity contribution in [1.29, 1.82) is 0 Å². The molecule has 0 saturated carbocycles. The number of Topliss-reactive ketones (excluding diaryl/α,β-unsaturated/α-hetero) is 1. The van der Waals surface area contributed by atoms with Gasteiger partial charge in [-0.1, -0.05) is 6.07 Å². The van der Waals surface area contributed by atoms with Crippen molar-refractivity contribution in [2.24, 2.45) is 0 Å². The van der Waals surface area contributed by atoms with E-state index in [0.717, 1.165) is 42.2 Å². The molecule has 0 amide bonds. The Hall–Kier alpha value is -2.15. The second kappa shape index (κ2) is 6.54. The van der Waals surface area contributed by atoms with E-state index >= 15 is 0 Å². The summed E-state index contributed by atoms with van der Waals surface area (Å²) in [6.07, 6.45) is 4.31. The molecule has 1 aromatic carbocycles. The van der Waals surface area contributed by atoms with Gasteiger partial charge in [-0.25, -0.2) is 0 Å². The van der Waals surface area contributed by atoms with Crippen molar-refractivity contribution < 1.29 is 19.0 Å². The van der Waals surface area contributed by atoms with Crippen molar-refractivity contribution in [3.8, 4) is 11.5 Å². The smallest absolute Gasteiger partial charge is 0.232 e. The van der Waals surface area contributed by atoms with Gasteiger partial charge in [-0.05, 0) is 36.4 Å². The lowest BCUT2D eigenvalue weighted by Gasteiger charge is -2.31. The minimum absolute atomic E-state index is 0.0625. The van der Waals surface area contributed by atoms with Crippen LogP contribution in [0.1, 0.15) is 33.6 Å². The average molecular weight is 369 g/mol. The van der Waals surface area contributed by atoms with Crippen molar-refractivity contribution in [1.82, 2.24) is 4.90 Å². The van der Waals surface area contributed by atoms with Crippen LogP contribution in [0.5, 0.6) is 11.5 Å². The molecule has 6 heteroatoms. The normalized spacial score (nSPS) is 23.6. The summed E-state index contributed by atoms with van der Waals surface area (Å²) >= 11 is 1.58. The molecule has 4 heterocycles. The third-order valence-electron chi connectivity index (χ3n) is 4.98. The van der Waals surface area contributed by atoms with Crippen molar-refractivity contribution in [3.05, 3.63) is 51.4 Å². The number of ether oxygens (including phenoxy) is 3. The Kier molecular flexibility index (Phi) is 4.04. The number of allylic oxidation sites excluding steroid dienone is 1. The number of hydrogen-bond acceptors (Lipinski definition) is 6. The molecule has 1 saturated heterocycles. The van der Waals surface area contributed by atoms with Crippen LogP contribution in [0.15, 0.2) is 35.4 Å². The molecular weight excluding hydrogens is 350 g/mol. The minimum Gasteiger partial charge on any atom is -0.478 e. The standard InChI is InChI=1S/C20H19NO4S/c22-19-15-5-6-17-16(11-21(12-24-17)10-13-3-1-7-23-13)20(15)25-18(19)9-14-4-2-8-26-14/h2,4-6,8-9,13H,1,3,7,10-12H2/b18-9-/t13-/m1/s1. The quantitative estimate of drug-likeness (QED) is 0.772. The summed E-state index contributed by atoms with van der Waals surface area (Å²) in [6, 6.07) is 7.62. The monoisotopic (exact) mass is 369 g/mol. The van der Waals surface area contributed by atoms with Crippen molar-refractivity contribution in [2.75, 3.05) is 19.9 Å². The van der Waals surface area contributed by atoms with Gasteiger partial charge < -0.3 is 14.2 Å². The molecule has 0 spiro atoms. The number of benzene rings is 1. The first-order valence-corrected chi connectivity index (χ1v) is 9.76. The van der Waals surface area contributed by atoms with Crippen LogP contribution < -0.4 is 9.47 Å². The van der Waals surface area contributed by atoms with Gasteiger partial charge in [0.25, 0.3) is 0 Å². The van der Waals surface area contributed by atoms with Gasteiger partial charge in [0.15, 0.2) is 5.76 Å². The Morgan fingerprint density at radius 3 is 3.08 bits per heavy atom. The van der Waals surface area contributed by atoms with Crippen LogP contribution in [0.2, 0.25) is 0 Å². The van der Waals surface area contributed by atoms with Gasteiger partial charge in [-0.2, -0.15) is 0 Å². The molecule has 0 N–H and O–H groups in total. The molecule has 1 atom stereocenters. The number of carbonyl (C=O) groups excluding carboxylic acids is 1. The highest BCUT2D eigenvalue weighted by atomic mass is 32.1. The highest BCUT2D eigenvalue weighted by Crippen LogP contribution is 2.42. The van der Waals surface area contributed by atoms with Crippen LogP contribution in [-0.2, 0) is 11.3 Å². The van der Waals surface area contributed by atoms with Crippen LogP contribution in [-0.4, -0.2) is 36.7 Å². The third kappa shape index (κ3) is 2.84. The Morgan fingerprint density at radius 2 is 2.27 bits per heavy atom. The minimum atomic E-state index is -0.0625. The molecule has 1 fully saturated rings. The SMILES string of the molecule is O=C1/C(=C/c2cccs2)Oc2c1ccc1c2CN(C[C@H]2CCCO2)CO1. The van der Waals surface area contributed by atoms with E-state index in [1.807, 2.05) is 35.7 Å². The molecular formula is C20H19NO4S. The van der Waals surface area contributed by atoms with Crippen molar-refractivity contribution >= 4 is 23.2 Å². The number of ketones is 1. The summed E-state index contributed by atoms with van der Waals surface area (Å²) in [6.45, 7) is 2.93. The third-order valence-corrected chi connectivity index (χ3v) is 5.80. The molecule has 5 nitrogen and oxygen atoms in total. The molecule has 3 aliphatic heterocycles. The fraction of sp³-hybridized carbons (Fsp3) is 0.350. The van der Waals surface area contributed by atoms with Crippen LogP contribution in [0.4, 0.5) is 0 Å². The van der Waals surface area contributed by atoms with E-state index in [1.165, 1.54) is 0 Å². The molecule has 3 aliphatic rings. The second-order valence-corrected chi connectivity index (χ2v) is 7.77. The van der Waals surface area contributed by atoms with E-state index in [9.17, 15) is 4.79 Å². The zero-order valence-electron chi connectivity index (χ0n) is 14.3. The predicted molar refractivity (Wildman–Crippen MR) is 98.6 cm³/mol. The molecule has 0 radical (unpaired) electrons. The maximum Gasteiger partial charge on any atom is 0.232 e. The van der Waals surface area contributed by atoms with Gasteiger partial charge in [0, 0.05) is 30.6 Å². The summed E-state index contributed by atoms with van der Waals surface area (Å²) in [5.41, 5.74) is 1.57. The van der Waals surface area contributed by atoms with Crippen LogP contribution >= 0.6 is 11.3 Å². The van der Waals surface area contributed by atoms with Gasteiger partial charge >= 0.3 is 0 Å². The first-order valence-electron chi connectivity index (χ1n) is 8.88. The van der Waals surface area contributed by atoms with Crippen molar-refractivity contribution in [2.45, 2.75) is 25.5 Å². The molecule has 26 heavy (non-hydrogen) atoms. The molecule has 2 aromatic rings. The van der Waals surface area contributed by atoms with E-state index in [4.69, 9.17) is 14.2 Å². The van der Waals surface area contributed by atoms with Gasteiger partial charge in [0.2, 0.25) is 5.78 Å². The Bertz CT molecular complexity index is 868. The van der Waals surface area contributed by atoms with E-state index in [-0.39, 0.29) is 11.9 Å². The van der Waals surface area contributed by atoms with Gasteiger partial charge in [0.1, 0.15) is 18.2 Å². The molecule has 1 aromatic heterocycles. The number of carbonyl (C=O) groups is 1. The summed E-state index contributed by atoms with van der Waals surface area (Å²) in [5.74, 6) is 1.77. The highest BCUT2D eigenvalue weighted by molar-refractivity contribution is 7.10. The van der Waals surface area contributed by atoms with E-state index < -0.39 is 0 Å². The maximum absolute atomic E-state index is 12.7. The van der Waals surface area contributed by atoms with Crippen molar-refractivity contribution in [3.63, 3.8) is 0 Å². The summed E-state index contributed by atoms with van der Waals surface area (Å²) < 4.78 is 17.6. The Labute approximate surface area is 155 Å². The number of hydrogen-bond donors (Lipinski definition) is 0. The largest absolute Gasteiger partial charge is 0.478 e. The summed E-state index contributed by atoms with van der Waals surface area (Å²) in [4.78, 5) is 15.9. The number of fused-ring (bicyclic) bond motifs is 3. The topological polar surface area (TPSA) is 48.0 Å². The van der Waals surface area contributed by atoms with Gasteiger partial charge in [0.05, 0.1) is 17.2 Å². The van der Waals surface area contributed by atoms with E-state index in [0.29, 0.717) is 30.3 Å². The molecule has 0 aliphatic carbocycles. The lowest BCUT2D eigenvalue weighted by molar-refractivity contribution is 0.0274. The Morgan fingerprint density at radius 1 is 1.31 bits per heavy atom. The van der Waals surface area contributed by atoms with Gasteiger partial charge in [-0.3, -0.25) is 9.69 Å². The summed E-state index contributed by atoms with van der Waals surface area (Å²) in [5, 5.41) is 1.98. The van der Waals surface area contributed by atoms with E-state index in [2.05, 4.69) is 4.90 Å². The number of thiophene rings is 1. The molecule has 0 bridgehead atoms. The Balaban J connectivity index is 1.42. The lowest BCUT2D eigenvalue weighted by Crippen LogP contribution is -2.37. The van der Waals surface area contributed by atoms with Crippen LogP contribution in [0.25, 0.3) is 6.08 Å². The molecule has 134 valence electrons. The van der Waals surface area contributed by atoms with Gasteiger partial charge in [-0.15, -0.1) is 11.3 Å². The molecule has 5 rings (SSSR count). The average Bonchev–Trinajstić information content (AvgIpc) is 3.39. The fourth-order valence-electron chi connectivity index (χ4n) is 3.70. The summed E-state index contributed by atoms with van der Waals surface area (Å²) in [7, 11) is 0. The molecule has 0 unspecified atom stereocenters. The first kappa shape index (κ1) is 16.1. The first-order chi connectivity index (χ1) is 12.8. The second-order valence-electron chi connectivity index (χ2n) is 6.79. The number of rotatable bonds is 3. The highest BCUT2D eigenvalue weighted by Gasteiger charge is 2.34. The number of nitrogens with zero attached hydrogens (tertiary/aromatic N) is 1. The van der Waals surface area contributed by atoms with E-state index in [1.54, 1.807) is 11.3 Å². The fourth-order valence-corrected chi connectivity index (χ4v) is 4.35. The zero-order valence-corrected chi connectivity index (χ0v) is 15.1. The van der Waals surface area contributed by atoms with Crippen LogP contribution in [0.3, 0.4) is 0 Å².